The van der Waals surface area contributed by atoms with Gasteiger partial charge in [0.25, 0.3) is 5.69 Å². The molecule has 1 aliphatic rings. The summed E-state index contributed by atoms with van der Waals surface area (Å²) in [5, 5.41) is 17.8. The summed E-state index contributed by atoms with van der Waals surface area (Å²) in [5.41, 5.74) is 9.02. The fourth-order valence-corrected chi connectivity index (χ4v) is 5.48. The van der Waals surface area contributed by atoms with E-state index in [2.05, 4.69) is 73.9 Å². The number of ether oxygens (including phenoxy) is 2. The molecule has 5 rings (SSSR count). The van der Waals surface area contributed by atoms with Crippen molar-refractivity contribution in [2.75, 3.05) is 92.7 Å². The van der Waals surface area contributed by atoms with Gasteiger partial charge in [0.05, 0.1) is 31.4 Å². The molecule has 3 aromatic carbocycles. The number of hydrogen-bond donors (Lipinski definition) is 3. The number of nitrogens with zero attached hydrogens (tertiary/aromatic N) is 6. The van der Waals surface area contributed by atoms with Gasteiger partial charge in [-0.15, -0.1) is 0 Å². The quantitative estimate of drug-likeness (QED) is 0.0812. The highest BCUT2D eigenvalue weighted by molar-refractivity contribution is 5.53. The minimum Gasteiger partial charge on any atom is -0.378 e. The molecule has 4 aromatic rings. The Hall–Kier alpha value is -4.85. The third-order valence-corrected chi connectivity index (χ3v) is 7.90. The summed E-state index contributed by atoms with van der Waals surface area (Å²) < 4.78 is 11.0. The van der Waals surface area contributed by atoms with Crippen LogP contribution < -0.4 is 26.2 Å². The summed E-state index contributed by atoms with van der Waals surface area (Å²) in [6.45, 7) is 6.49. The van der Waals surface area contributed by atoms with Crippen LogP contribution in [0.15, 0.2) is 84.9 Å². The smallest absolute Gasteiger partial charge is 0.269 e. The highest BCUT2D eigenvalue weighted by Crippen LogP contribution is 2.28. The van der Waals surface area contributed by atoms with E-state index in [0.717, 1.165) is 25.2 Å². The highest BCUT2D eigenvalue weighted by atomic mass is 16.6. The molecular weight excluding hydrogens is 598 g/mol. The second-order valence-corrected chi connectivity index (χ2v) is 11.1. The van der Waals surface area contributed by atoms with Gasteiger partial charge < -0.3 is 35.6 Å². The number of benzene rings is 3. The number of non-ortho nitro benzene ring substituents is 1. The van der Waals surface area contributed by atoms with Gasteiger partial charge in [-0.3, -0.25) is 10.1 Å². The Morgan fingerprint density at radius 1 is 0.723 bits per heavy atom. The van der Waals surface area contributed by atoms with Crippen LogP contribution in [0, 0.1) is 10.1 Å². The van der Waals surface area contributed by atoms with Gasteiger partial charge in [-0.05, 0) is 29.7 Å². The van der Waals surface area contributed by atoms with E-state index in [0.29, 0.717) is 77.0 Å². The Kier molecular flexibility index (Phi) is 12.6. The number of nitrogens with one attached hydrogen (secondary N) is 2. The van der Waals surface area contributed by atoms with E-state index in [9.17, 15) is 10.1 Å². The van der Waals surface area contributed by atoms with Crippen LogP contribution in [0.3, 0.4) is 0 Å². The predicted octanol–water partition coefficient (Wildman–Crippen LogP) is 4.14. The Morgan fingerprint density at radius 2 is 1.28 bits per heavy atom. The van der Waals surface area contributed by atoms with Gasteiger partial charge in [-0.2, -0.15) is 15.0 Å². The van der Waals surface area contributed by atoms with Gasteiger partial charge in [0.1, 0.15) is 0 Å². The van der Waals surface area contributed by atoms with Crippen molar-refractivity contribution in [3.05, 3.63) is 106 Å². The van der Waals surface area contributed by atoms with Crippen LogP contribution in [0.25, 0.3) is 0 Å². The molecule has 13 nitrogen and oxygen atoms in total. The third-order valence-electron chi connectivity index (χ3n) is 7.90. The maximum absolute atomic E-state index is 11.1. The maximum Gasteiger partial charge on any atom is 0.269 e. The molecule has 0 spiro atoms. The van der Waals surface area contributed by atoms with Gasteiger partial charge in [0, 0.05) is 69.6 Å². The molecule has 2 heterocycles. The first kappa shape index (κ1) is 33.5. The van der Waals surface area contributed by atoms with Crippen molar-refractivity contribution in [1.29, 1.82) is 0 Å². The lowest BCUT2D eigenvalue weighted by atomic mass is 9.88. The van der Waals surface area contributed by atoms with Gasteiger partial charge in [0.15, 0.2) is 0 Å². The van der Waals surface area contributed by atoms with E-state index >= 15 is 0 Å². The minimum atomic E-state index is -0.382. The number of rotatable bonds is 18. The molecule has 0 unspecified atom stereocenters. The number of nitrogens with two attached hydrogens (primary N) is 1. The number of piperazine rings is 1. The molecule has 0 radical (unpaired) electrons. The van der Waals surface area contributed by atoms with E-state index in [1.807, 2.05) is 12.1 Å². The van der Waals surface area contributed by atoms with E-state index in [-0.39, 0.29) is 16.5 Å². The molecule has 1 aromatic heterocycles. The first-order valence-corrected chi connectivity index (χ1v) is 16.0. The number of anilines is 4. The maximum atomic E-state index is 11.1. The summed E-state index contributed by atoms with van der Waals surface area (Å²) in [4.78, 5) is 29.3. The van der Waals surface area contributed by atoms with Crippen molar-refractivity contribution in [3.63, 3.8) is 0 Å². The van der Waals surface area contributed by atoms with Gasteiger partial charge in [0.2, 0.25) is 17.8 Å². The lowest BCUT2D eigenvalue weighted by Gasteiger charge is -2.36. The van der Waals surface area contributed by atoms with Crippen molar-refractivity contribution in [1.82, 2.24) is 15.0 Å². The second-order valence-electron chi connectivity index (χ2n) is 11.1. The van der Waals surface area contributed by atoms with Gasteiger partial charge in [-0.1, -0.05) is 60.7 Å². The zero-order chi connectivity index (χ0) is 32.7. The van der Waals surface area contributed by atoms with Crippen LogP contribution in [0.2, 0.25) is 0 Å². The molecule has 1 aliphatic heterocycles. The van der Waals surface area contributed by atoms with Crippen LogP contribution in [0.1, 0.15) is 23.5 Å². The van der Waals surface area contributed by atoms with Gasteiger partial charge >= 0.3 is 0 Å². The van der Waals surface area contributed by atoms with E-state index in [1.165, 1.54) is 11.1 Å². The normalized spacial score (nSPS) is 13.1. The van der Waals surface area contributed by atoms with E-state index in [4.69, 9.17) is 25.2 Å². The zero-order valence-corrected chi connectivity index (χ0v) is 26.5. The van der Waals surface area contributed by atoms with Crippen LogP contribution in [0.5, 0.6) is 0 Å². The molecule has 13 heteroatoms. The van der Waals surface area contributed by atoms with Crippen LogP contribution in [-0.2, 0) is 9.47 Å². The third kappa shape index (κ3) is 10.1. The fraction of sp³-hybridized carbons (Fsp3) is 0.382. The highest BCUT2D eigenvalue weighted by Gasteiger charge is 2.22. The number of nitro groups is 1. The van der Waals surface area contributed by atoms with Crippen molar-refractivity contribution < 1.29 is 14.4 Å². The lowest BCUT2D eigenvalue weighted by molar-refractivity contribution is -0.384. The van der Waals surface area contributed by atoms with E-state index in [1.54, 1.807) is 24.3 Å². The second kappa shape index (κ2) is 17.7. The fourth-order valence-electron chi connectivity index (χ4n) is 5.48. The zero-order valence-electron chi connectivity index (χ0n) is 26.5. The topological polar surface area (TPSA) is 157 Å². The first-order valence-electron chi connectivity index (χ1n) is 16.0. The standard InChI is InChI=1S/C34H43N9O4/c35-16-23-46-25-26-47-24-18-37-33-38-32(36-17-15-31(27-7-3-1-4-8-27)28-9-5-2-6-10-28)39-34(40-33)42-21-19-41(20-22-42)29-11-13-30(14-12-29)43(44)45/h1-14,31H,15-26,35H2,(H2,36,37,38,39,40). The Morgan fingerprint density at radius 3 is 1.85 bits per heavy atom. The largest absolute Gasteiger partial charge is 0.378 e. The van der Waals surface area contributed by atoms with Crippen molar-refractivity contribution in [2.24, 2.45) is 5.73 Å². The van der Waals surface area contributed by atoms with Crippen LogP contribution >= 0.6 is 0 Å². The molecule has 4 N–H and O–H groups in total. The number of aromatic nitrogens is 3. The molecule has 0 aliphatic carbocycles. The monoisotopic (exact) mass is 641 g/mol. The Balaban J connectivity index is 1.24. The molecule has 0 atom stereocenters. The van der Waals surface area contributed by atoms with Crippen molar-refractivity contribution >= 4 is 29.2 Å². The Bertz CT molecular complexity index is 1470. The summed E-state index contributed by atoms with van der Waals surface area (Å²) in [5.74, 6) is 1.79. The number of nitro benzene ring substituents is 1. The first-order chi connectivity index (χ1) is 23.1. The van der Waals surface area contributed by atoms with E-state index < -0.39 is 0 Å². The van der Waals surface area contributed by atoms with Crippen molar-refractivity contribution in [2.45, 2.75) is 12.3 Å². The van der Waals surface area contributed by atoms with Crippen LogP contribution in [-0.4, -0.2) is 92.1 Å². The predicted molar refractivity (Wildman–Crippen MR) is 184 cm³/mol. The molecule has 1 fully saturated rings. The molecule has 248 valence electrons. The molecule has 0 saturated carbocycles. The summed E-state index contributed by atoms with van der Waals surface area (Å²) >= 11 is 0. The average molecular weight is 642 g/mol. The van der Waals surface area contributed by atoms with Crippen molar-refractivity contribution in [3.8, 4) is 0 Å². The molecule has 0 bridgehead atoms. The molecule has 1 saturated heterocycles. The van der Waals surface area contributed by atoms with Crippen LogP contribution in [0.4, 0.5) is 29.2 Å². The minimum absolute atomic E-state index is 0.0850. The Labute approximate surface area is 275 Å². The SMILES string of the molecule is NCCOCCOCCNc1nc(NCCC(c2ccccc2)c2ccccc2)nc(N2CCN(c3ccc([N+](=O)[O-])cc3)CC2)n1. The summed E-state index contributed by atoms with van der Waals surface area (Å²) in [7, 11) is 0. The van der Waals surface area contributed by atoms with Gasteiger partial charge in [-0.25, -0.2) is 0 Å². The molecule has 0 amide bonds. The molecular formula is C34H43N9O4. The average Bonchev–Trinajstić information content (AvgIpc) is 3.12. The molecule has 47 heavy (non-hydrogen) atoms. The number of hydrogen-bond acceptors (Lipinski definition) is 12. The lowest BCUT2D eigenvalue weighted by Crippen LogP contribution is -2.47. The summed E-state index contributed by atoms with van der Waals surface area (Å²) in [6, 6.07) is 27.7. The summed E-state index contributed by atoms with van der Waals surface area (Å²) in [6.07, 6.45) is 0.853.